The van der Waals surface area contributed by atoms with Crippen LogP contribution in [-0.2, 0) is 9.53 Å². The van der Waals surface area contributed by atoms with E-state index in [0.717, 1.165) is 16.5 Å². The Hall–Kier alpha value is -1.55. The van der Waals surface area contributed by atoms with Crippen molar-refractivity contribution in [2.24, 2.45) is 0 Å². The van der Waals surface area contributed by atoms with Crippen molar-refractivity contribution in [3.63, 3.8) is 0 Å². The van der Waals surface area contributed by atoms with Crippen LogP contribution in [0.5, 0.6) is 5.75 Å². The summed E-state index contributed by atoms with van der Waals surface area (Å²) in [4.78, 5) is 10.8. The van der Waals surface area contributed by atoms with E-state index in [1.165, 1.54) is 6.92 Å². The molecule has 0 aromatic heterocycles. The summed E-state index contributed by atoms with van der Waals surface area (Å²) in [6, 6.07) is 13.9. The van der Waals surface area contributed by atoms with Crippen molar-refractivity contribution >= 4 is 32.7 Å². The Bertz CT molecular complexity index is 563. The van der Waals surface area contributed by atoms with Gasteiger partial charge in [-0.25, -0.2) is 0 Å². The van der Waals surface area contributed by atoms with Crippen LogP contribution in [0.4, 0.5) is 0 Å². The fourth-order valence-corrected chi connectivity index (χ4v) is 2.12. The quantitative estimate of drug-likeness (QED) is 0.624. The molecule has 0 N–H and O–H groups in total. The standard InChI is InChI=1S/C15H15BrO3/c1-11(17)18-10-13(9-16)19-15-8-4-6-12-5-2-3-7-14(12)15/h2-8,13H,9-10H2,1H3/t13-/m0/s1. The van der Waals surface area contributed by atoms with E-state index in [-0.39, 0.29) is 18.7 Å². The summed E-state index contributed by atoms with van der Waals surface area (Å²) < 4.78 is 10.9. The van der Waals surface area contributed by atoms with Crippen molar-refractivity contribution in [3.8, 4) is 5.75 Å². The third-order valence-electron chi connectivity index (χ3n) is 2.69. The van der Waals surface area contributed by atoms with E-state index in [2.05, 4.69) is 15.9 Å². The van der Waals surface area contributed by atoms with Crippen LogP contribution in [0.15, 0.2) is 42.5 Å². The second kappa shape index (κ2) is 6.57. The first-order chi connectivity index (χ1) is 9.20. The number of carbonyl (C=O) groups excluding carboxylic acids is 1. The van der Waals surface area contributed by atoms with Gasteiger partial charge in [0.15, 0.2) is 0 Å². The highest BCUT2D eigenvalue weighted by Gasteiger charge is 2.12. The molecule has 2 aromatic rings. The van der Waals surface area contributed by atoms with Gasteiger partial charge in [-0.3, -0.25) is 4.79 Å². The molecule has 0 heterocycles. The van der Waals surface area contributed by atoms with Crippen LogP contribution in [0, 0.1) is 0 Å². The van der Waals surface area contributed by atoms with Gasteiger partial charge < -0.3 is 9.47 Å². The van der Waals surface area contributed by atoms with E-state index in [1.54, 1.807) is 0 Å². The summed E-state index contributed by atoms with van der Waals surface area (Å²) in [7, 11) is 0. The molecule has 0 unspecified atom stereocenters. The maximum Gasteiger partial charge on any atom is 0.302 e. The molecule has 0 fully saturated rings. The first-order valence-electron chi connectivity index (χ1n) is 6.04. The molecule has 3 nitrogen and oxygen atoms in total. The Kier molecular flexibility index (Phi) is 4.80. The van der Waals surface area contributed by atoms with Gasteiger partial charge in [0.25, 0.3) is 0 Å². The molecule has 2 rings (SSSR count). The average Bonchev–Trinajstić information content (AvgIpc) is 2.43. The van der Waals surface area contributed by atoms with Crippen LogP contribution in [0.25, 0.3) is 10.8 Å². The summed E-state index contributed by atoms with van der Waals surface area (Å²) in [5.41, 5.74) is 0. The molecule has 2 aromatic carbocycles. The summed E-state index contributed by atoms with van der Waals surface area (Å²) in [5.74, 6) is 0.502. The van der Waals surface area contributed by atoms with Crippen LogP contribution >= 0.6 is 15.9 Å². The third-order valence-corrected chi connectivity index (χ3v) is 3.41. The molecule has 100 valence electrons. The van der Waals surface area contributed by atoms with Gasteiger partial charge in [0.1, 0.15) is 18.5 Å². The summed E-state index contributed by atoms with van der Waals surface area (Å²) in [6.07, 6.45) is -0.199. The third kappa shape index (κ3) is 3.70. The van der Waals surface area contributed by atoms with Crippen molar-refractivity contribution < 1.29 is 14.3 Å². The molecule has 0 saturated heterocycles. The summed E-state index contributed by atoms with van der Waals surface area (Å²) >= 11 is 3.37. The number of hydrogen-bond donors (Lipinski definition) is 0. The van der Waals surface area contributed by atoms with Gasteiger partial charge in [-0.2, -0.15) is 0 Å². The largest absolute Gasteiger partial charge is 0.485 e. The maximum absolute atomic E-state index is 10.8. The van der Waals surface area contributed by atoms with Crippen LogP contribution in [-0.4, -0.2) is 24.0 Å². The van der Waals surface area contributed by atoms with Gasteiger partial charge in [0, 0.05) is 17.6 Å². The van der Waals surface area contributed by atoms with Gasteiger partial charge in [-0.15, -0.1) is 0 Å². The molecular formula is C15H15BrO3. The number of carbonyl (C=O) groups is 1. The van der Waals surface area contributed by atoms with E-state index in [4.69, 9.17) is 9.47 Å². The van der Waals surface area contributed by atoms with E-state index in [0.29, 0.717) is 5.33 Å². The van der Waals surface area contributed by atoms with Crippen molar-refractivity contribution in [3.05, 3.63) is 42.5 Å². The number of hydrogen-bond acceptors (Lipinski definition) is 3. The lowest BCUT2D eigenvalue weighted by atomic mass is 10.1. The molecule has 0 saturated carbocycles. The Morgan fingerprint density at radius 3 is 2.68 bits per heavy atom. The number of ether oxygens (including phenoxy) is 2. The number of fused-ring (bicyclic) bond motifs is 1. The normalized spacial score (nSPS) is 12.1. The van der Waals surface area contributed by atoms with E-state index in [9.17, 15) is 4.79 Å². The lowest BCUT2D eigenvalue weighted by Crippen LogP contribution is -2.25. The molecule has 0 aliphatic heterocycles. The monoisotopic (exact) mass is 322 g/mol. The second-order valence-electron chi connectivity index (χ2n) is 4.17. The number of esters is 1. The smallest absolute Gasteiger partial charge is 0.302 e. The molecule has 19 heavy (non-hydrogen) atoms. The van der Waals surface area contributed by atoms with Gasteiger partial charge in [0.2, 0.25) is 0 Å². The van der Waals surface area contributed by atoms with E-state index in [1.807, 2.05) is 42.5 Å². The first-order valence-corrected chi connectivity index (χ1v) is 7.16. The molecule has 0 radical (unpaired) electrons. The zero-order chi connectivity index (χ0) is 13.7. The van der Waals surface area contributed by atoms with Crippen LogP contribution in [0.3, 0.4) is 0 Å². The number of rotatable bonds is 5. The van der Waals surface area contributed by atoms with E-state index < -0.39 is 0 Å². The topological polar surface area (TPSA) is 35.5 Å². The highest BCUT2D eigenvalue weighted by atomic mass is 79.9. The Morgan fingerprint density at radius 2 is 1.95 bits per heavy atom. The molecular weight excluding hydrogens is 308 g/mol. The molecule has 4 heteroatoms. The fraction of sp³-hybridized carbons (Fsp3) is 0.267. The zero-order valence-electron chi connectivity index (χ0n) is 10.6. The maximum atomic E-state index is 10.8. The van der Waals surface area contributed by atoms with Gasteiger partial charge >= 0.3 is 5.97 Å². The number of benzene rings is 2. The first kappa shape index (κ1) is 13.9. The molecule has 0 aliphatic carbocycles. The van der Waals surface area contributed by atoms with E-state index >= 15 is 0 Å². The Balaban J connectivity index is 2.17. The minimum Gasteiger partial charge on any atom is -0.485 e. The summed E-state index contributed by atoms with van der Waals surface area (Å²) in [6.45, 7) is 1.63. The van der Waals surface area contributed by atoms with Crippen LogP contribution in [0.1, 0.15) is 6.92 Å². The molecule has 0 spiro atoms. The summed E-state index contributed by atoms with van der Waals surface area (Å²) in [5, 5.41) is 2.78. The minimum atomic E-state index is -0.299. The molecule has 0 amide bonds. The lowest BCUT2D eigenvalue weighted by molar-refractivity contribution is -0.143. The molecule has 0 aliphatic rings. The van der Waals surface area contributed by atoms with Crippen molar-refractivity contribution in [2.45, 2.75) is 13.0 Å². The predicted octanol–water partition coefficient (Wildman–Crippen LogP) is 3.55. The van der Waals surface area contributed by atoms with Crippen molar-refractivity contribution in [2.75, 3.05) is 11.9 Å². The van der Waals surface area contributed by atoms with Gasteiger partial charge in [-0.1, -0.05) is 52.3 Å². The van der Waals surface area contributed by atoms with Crippen molar-refractivity contribution in [1.82, 2.24) is 0 Å². The van der Waals surface area contributed by atoms with Crippen LogP contribution in [0.2, 0.25) is 0 Å². The lowest BCUT2D eigenvalue weighted by Gasteiger charge is -2.17. The van der Waals surface area contributed by atoms with Crippen LogP contribution < -0.4 is 4.74 Å². The van der Waals surface area contributed by atoms with Crippen molar-refractivity contribution in [1.29, 1.82) is 0 Å². The Morgan fingerprint density at radius 1 is 1.21 bits per heavy atom. The van der Waals surface area contributed by atoms with Gasteiger partial charge in [-0.05, 0) is 11.5 Å². The SMILES string of the molecule is CC(=O)OC[C@H](CBr)Oc1cccc2ccccc12. The molecule has 0 bridgehead atoms. The minimum absolute atomic E-state index is 0.199. The number of alkyl halides is 1. The van der Waals surface area contributed by atoms with Gasteiger partial charge in [0.05, 0.1) is 0 Å². The fourth-order valence-electron chi connectivity index (χ4n) is 1.80. The average molecular weight is 323 g/mol. The molecule has 1 atom stereocenters. The second-order valence-corrected chi connectivity index (χ2v) is 4.82. The highest BCUT2D eigenvalue weighted by Crippen LogP contribution is 2.26. The zero-order valence-corrected chi connectivity index (χ0v) is 12.2. The number of halogens is 1. The predicted molar refractivity (Wildman–Crippen MR) is 78.8 cm³/mol. The highest BCUT2D eigenvalue weighted by molar-refractivity contribution is 9.09. The Labute approximate surface area is 120 Å².